The van der Waals surface area contributed by atoms with E-state index in [1.807, 2.05) is 29.2 Å². The predicted molar refractivity (Wildman–Crippen MR) is 101 cm³/mol. The predicted octanol–water partition coefficient (Wildman–Crippen LogP) is 2.28. The summed E-state index contributed by atoms with van der Waals surface area (Å²) >= 11 is 0. The number of nitrogens with zero attached hydrogens (tertiary/aromatic N) is 4. The van der Waals surface area contributed by atoms with E-state index in [-0.39, 0.29) is 17.5 Å². The Bertz CT molecular complexity index is 1040. The van der Waals surface area contributed by atoms with Crippen LogP contribution in [0.3, 0.4) is 0 Å². The molecule has 7 heteroatoms. The van der Waals surface area contributed by atoms with Crippen LogP contribution >= 0.6 is 0 Å². The van der Waals surface area contributed by atoms with Crippen LogP contribution in [0.5, 0.6) is 5.75 Å². The number of piperidine rings is 1. The molecule has 0 aliphatic carbocycles. The highest BCUT2D eigenvalue weighted by molar-refractivity contribution is 5.94. The van der Waals surface area contributed by atoms with Gasteiger partial charge in [-0.05, 0) is 43.2 Å². The summed E-state index contributed by atoms with van der Waals surface area (Å²) in [5, 5.41) is 8.84. The van der Waals surface area contributed by atoms with E-state index in [0.29, 0.717) is 48.1 Å². The molecule has 0 saturated carbocycles. The van der Waals surface area contributed by atoms with E-state index in [1.165, 1.54) is 4.68 Å². The van der Waals surface area contributed by atoms with Crippen LogP contribution in [0.25, 0.3) is 10.9 Å². The minimum atomic E-state index is -0.127. The second-order valence-corrected chi connectivity index (χ2v) is 6.61. The SMILES string of the molecule is COc1cccc(C(=O)N2CCC(n3nnc4ccccc4c3=O)CC2)c1. The molecule has 1 aliphatic rings. The molecular formula is C20H20N4O3. The molecule has 27 heavy (non-hydrogen) atoms. The lowest BCUT2D eigenvalue weighted by Crippen LogP contribution is -2.41. The summed E-state index contributed by atoms with van der Waals surface area (Å²) in [6.07, 6.45) is 1.34. The smallest absolute Gasteiger partial charge is 0.277 e. The number of ether oxygens (including phenoxy) is 1. The molecule has 0 unspecified atom stereocenters. The molecule has 0 N–H and O–H groups in total. The van der Waals surface area contributed by atoms with Gasteiger partial charge in [0.15, 0.2) is 0 Å². The molecule has 138 valence electrons. The zero-order chi connectivity index (χ0) is 18.8. The molecule has 4 rings (SSSR count). The Hall–Kier alpha value is -3.22. The highest BCUT2D eigenvalue weighted by atomic mass is 16.5. The molecule has 0 spiro atoms. The van der Waals surface area contributed by atoms with Gasteiger partial charge in [-0.1, -0.05) is 23.4 Å². The van der Waals surface area contributed by atoms with Crippen molar-refractivity contribution < 1.29 is 9.53 Å². The normalized spacial score (nSPS) is 15.1. The number of aromatic nitrogens is 3. The van der Waals surface area contributed by atoms with Crippen molar-refractivity contribution in [3.63, 3.8) is 0 Å². The van der Waals surface area contributed by atoms with Crippen LogP contribution in [-0.2, 0) is 0 Å². The van der Waals surface area contributed by atoms with Gasteiger partial charge in [-0.15, -0.1) is 5.10 Å². The topological polar surface area (TPSA) is 77.3 Å². The lowest BCUT2D eigenvalue weighted by atomic mass is 10.0. The van der Waals surface area contributed by atoms with Crippen LogP contribution in [0.4, 0.5) is 0 Å². The summed E-state index contributed by atoms with van der Waals surface area (Å²) in [6, 6.07) is 14.3. The molecule has 2 aromatic carbocycles. The van der Waals surface area contributed by atoms with Gasteiger partial charge in [-0.2, -0.15) is 0 Å². The van der Waals surface area contributed by atoms with Crippen molar-refractivity contribution in [1.82, 2.24) is 19.9 Å². The largest absolute Gasteiger partial charge is 0.497 e. The van der Waals surface area contributed by atoms with E-state index in [4.69, 9.17) is 4.74 Å². The van der Waals surface area contributed by atoms with Gasteiger partial charge in [0.25, 0.3) is 11.5 Å². The first-order valence-corrected chi connectivity index (χ1v) is 8.95. The number of methoxy groups -OCH3 is 1. The van der Waals surface area contributed by atoms with Gasteiger partial charge < -0.3 is 9.64 Å². The number of likely N-dealkylation sites (tertiary alicyclic amines) is 1. The molecule has 0 bridgehead atoms. The first kappa shape index (κ1) is 17.2. The highest BCUT2D eigenvalue weighted by Gasteiger charge is 2.26. The average molecular weight is 364 g/mol. The van der Waals surface area contributed by atoms with Gasteiger partial charge in [-0.25, -0.2) is 4.68 Å². The fourth-order valence-electron chi connectivity index (χ4n) is 3.49. The van der Waals surface area contributed by atoms with E-state index < -0.39 is 0 Å². The van der Waals surface area contributed by atoms with E-state index in [0.717, 1.165) is 0 Å². The average Bonchev–Trinajstić information content (AvgIpc) is 2.74. The van der Waals surface area contributed by atoms with Crippen molar-refractivity contribution in [2.24, 2.45) is 0 Å². The number of rotatable bonds is 3. The van der Waals surface area contributed by atoms with E-state index in [9.17, 15) is 9.59 Å². The summed E-state index contributed by atoms with van der Waals surface area (Å²) < 4.78 is 6.66. The summed E-state index contributed by atoms with van der Waals surface area (Å²) in [4.78, 5) is 27.2. The second-order valence-electron chi connectivity index (χ2n) is 6.61. The van der Waals surface area contributed by atoms with Crippen LogP contribution in [-0.4, -0.2) is 46.0 Å². The van der Waals surface area contributed by atoms with Crippen LogP contribution in [0.2, 0.25) is 0 Å². The molecule has 2 heterocycles. The number of hydrogen-bond donors (Lipinski definition) is 0. The van der Waals surface area contributed by atoms with Crippen molar-refractivity contribution in [3.8, 4) is 5.75 Å². The third-order valence-corrected chi connectivity index (χ3v) is 5.01. The fourth-order valence-corrected chi connectivity index (χ4v) is 3.49. The summed E-state index contributed by atoms with van der Waals surface area (Å²) in [6.45, 7) is 1.14. The van der Waals surface area contributed by atoms with Crippen molar-refractivity contribution in [3.05, 3.63) is 64.4 Å². The Labute approximate surface area is 156 Å². The monoisotopic (exact) mass is 364 g/mol. The maximum atomic E-state index is 12.7. The van der Waals surface area contributed by atoms with Crippen molar-refractivity contribution in [2.75, 3.05) is 20.2 Å². The van der Waals surface area contributed by atoms with Gasteiger partial charge in [-0.3, -0.25) is 9.59 Å². The minimum Gasteiger partial charge on any atom is -0.497 e. The molecule has 1 amide bonds. The van der Waals surface area contributed by atoms with Crippen LogP contribution in [0.15, 0.2) is 53.3 Å². The van der Waals surface area contributed by atoms with Crippen LogP contribution in [0, 0.1) is 0 Å². The van der Waals surface area contributed by atoms with Crippen LogP contribution in [0.1, 0.15) is 29.2 Å². The number of benzene rings is 2. The third kappa shape index (κ3) is 3.28. The Balaban J connectivity index is 1.50. The van der Waals surface area contributed by atoms with E-state index in [2.05, 4.69) is 10.3 Å². The van der Waals surface area contributed by atoms with Crippen molar-refractivity contribution in [2.45, 2.75) is 18.9 Å². The highest BCUT2D eigenvalue weighted by Crippen LogP contribution is 2.23. The summed E-state index contributed by atoms with van der Waals surface area (Å²) in [5.41, 5.74) is 1.08. The molecule has 1 fully saturated rings. The molecule has 1 aromatic heterocycles. The summed E-state index contributed by atoms with van der Waals surface area (Å²) in [5.74, 6) is 0.637. The van der Waals surface area contributed by atoms with Crippen LogP contribution < -0.4 is 10.3 Å². The molecule has 1 saturated heterocycles. The van der Waals surface area contributed by atoms with Gasteiger partial charge in [0.1, 0.15) is 11.3 Å². The number of fused-ring (bicyclic) bond motifs is 1. The Morgan fingerprint density at radius 2 is 1.89 bits per heavy atom. The Kier molecular flexibility index (Phi) is 4.58. The quantitative estimate of drug-likeness (QED) is 0.713. The van der Waals surface area contributed by atoms with Gasteiger partial charge >= 0.3 is 0 Å². The maximum Gasteiger partial charge on any atom is 0.277 e. The Morgan fingerprint density at radius 1 is 1.11 bits per heavy atom. The molecule has 0 radical (unpaired) electrons. The molecule has 7 nitrogen and oxygen atoms in total. The van der Waals surface area contributed by atoms with Gasteiger partial charge in [0, 0.05) is 18.7 Å². The van der Waals surface area contributed by atoms with Crippen molar-refractivity contribution >= 4 is 16.8 Å². The van der Waals surface area contributed by atoms with Crippen molar-refractivity contribution in [1.29, 1.82) is 0 Å². The molecule has 1 aliphatic heterocycles. The number of carbonyl (C=O) groups excluding carboxylic acids is 1. The first-order valence-electron chi connectivity index (χ1n) is 8.95. The fraction of sp³-hybridized carbons (Fsp3) is 0.300. The van der Waals surface area contributed by atoms with Gasteiger partial charge in [0.05, 0.1) is 18.5 Å². The number of amides is 1. The standard InChI is InChI=1S/C20H20N4O3/c1-27-16-6-4-5-14(13-16)19(25)23-11-9-15(10-12-23)24-20(26)17-7-2-3-8-18(17)21-22-24/h2-8,13,15H,9-12H2,1H3. The Morgan fingerprint density at radius 3 is 2.67 bits per heavy atom. The zero-order valence-electron chi connectivity index (χ0n) is 15.0. The first-order chi connectivity index (χ1) is 13.2. The minimum absolute atomic E-state index is 0.0238. The lowest BCUT2D eigenvalue weighted by Gasteiger charge is -2.32. The molecule has 0 atom stereocenters. The lowest BCUT2D eigenvalue weighted by molar-refractivity contribution is 0.0686. The second kappa shape index (κ2) is 7.19. The number of carbonyl (C=O) groups is 1. The maximum absolute atomic E-state index is 12.7. The van der Waals surface area contributed by atoms with E-state index >= 15 is 0 Å². The third-order valence-electron chi connectivity index (χ3n) is 5.01. The van der Waals surface area contributed by atoms with E-state index in [1.54, 1.807) is 31.4 Å². The van der Waals surface area contributed by atoms with Gasteiger partial charge in [0.2, 0.25) is 0 Å². The zero-order valence-corrected chi connectivity index (χ0v) is 15.0. The number of hydrogen-bond acceptors (Lipinski definition) is 5. The summed E-state index contributed by atoms with van der Waals surface area (Å²) in [7, 11) is 1.58. The molecule has 3 aromatic rings. The molecular weight excluding hydrogens is 344 g/mol.